The summed E-state index contributed by atoms with van der Waals surface area (Å²) in [6.45, 7) is 4.20. The molecule has 0 unspecified atom stereocenters. The van der Waals surface area contributed by atoms with Gasteiger partial charge in [0.05, 0.1) is 11.8 Å². The van der Waals surface area contributed by atoms with E-state index in [0.717, 1.165) is 40.3 Å². The second-order valence-electron chi connectivity index (χ2n) is 8.31. The molecule has 1 aromatic heterocycles. The molecule has 9 heteroatoms. The molecule has 1 amide bonds. The van der Waals surface area contributed by atoms with Gasteiger partial charge in [0.1, 0.15) is 12.4 Å². The Hall–Kier alpha value is -4.04. The fourth-order valence-electron chi connectivity index (χ4n) is 3.85. The first-order valence-corrected chi connectivity index (χ1v) is 11.7. The first-order valence-electron chi connectivity index (χ1n) is 11.3. The van der Waals surface area contributed by atoms with Gasteiger partial charge in [-0.1, -0.05) is 35.9 Å². The van der Waals surface area contributed by atoms with Gasteiger partial charge >= 0.3 is 6.18 Å². The van der Waals surface area contributed by atoms with Crippen LogP contribution in [0.2, 0.25) is 5.02 Å². The lowest BCUT2D eigenvalue weighted by Gasteiger charge is -2.12. The van der Waals surface area contributed by atoms with E-state index in [0.29, 0.717) is 17.4 Å². The van der Waals surface area contributed by atoms with E-state index in [1.54, 1.807) is 0 Å². The highest BCUT2D eigenvalue weighted by Gasteiger charge is 2.30. The molecule has 0 aliphatic heterocycles. The summed E-state index contributed by atoms with van der Waals surface area (Å²) >= 11 is 6.18. The highest BCUT2D eigenvalue weighted by Crippen LogP contribution is 2.29. The smallest absolute Gasteiger partial charge is 0.416 e. The van der Waals surface area contributed by atoms with Crippen LogP contribution in [0.3, 0.4) is 0 Å². The monoisotopic (exact) mass is 525 g/mol. The normalized spacial score (nSPS) is 11.6. The molecule has 0 atom stereocenters. The maximum atomic E-state index is 12.9. The molecule has 0 bridgehead atoms. The molecule has 190 valence electrons. The Morgan fingerprint density at radius 3 is 2.46 bits per heavy atom. The van der Waals surface area contributed by atoms with Gasteiger partial charge in [0.25, 0.3) is 5.91 Å². The van der Waals surface area contributed by atoms with Crippen LogP contribution < -0.4 is 10.2 Å². The molecule has 0 spiro atoms. The van der Waals surface area contributed by atoms with Gasteiger partial charge in [-0.05, 0) is 68.4 Å². The number of hydrogen-bond acceptors (Lipinski definition) is 3. The lowest BCUT2D eigenvalue weighted by molar-refractivity contribution is -0.137. The Labute approximate surface area is 217 Å². The van der Waals surface area contributed by atoms with Gasteiger partial charge in [-0.3, -0.25) is 4.79 Å². The van der Waals surface area contributed by atoms with E-state index >= 15 is 0 Å². The van der Waals surface area contributed by atoms with Crippen molar-refractivity contribution in [3.63, 3.8) is 0 Å². The lowest BCUT2D eigenvalue weighted by Crippen LogP contribution is -2.18. The zero-order valence-electron chi connectivity index (χ0n) is 20.0. The molecule has 0 saturated heterocycles. The number of alkyl halides is 3. The number of benzene rings is 3. The quantitative estimate of drug-likeness (QED) is 0.206. The molecule has 0 saturated carbocycles. The van der Waals surface area contributed by atoms with E-state index < -0.39 is 17.6 Å². The summed E-state index contributed by atoms with van der Waals surface area (Å²) in [4.78, 5) is 12.3. The third-order valence-electron chi connectivity index (χ3n) is 5.74. The number of nitrogens with zero attached hydrogens (tertiary/aromatic N) is 2. The summed E-state index contributed by atoms with van der Waals surface area (Å²) in [6, 6.07) is 21.2. The topological polar surface area (TPSA) is 55.6 Å². The van der Waals surface area contributed by atoms with Gasteiger partial charge in [0.15, 0.2) is 0 Å². The van der Waals surface area contributed by atoms with Crippen LogP contribution in [0.4, 0.5) is 13.2 Å². The maximum absolute atomic E-state index is 12.9. The SMILES string of the molecule is Cc1cc(/C=N\NC(=O)c2cccc(C(F)(F)F)c2)c(C)n1-c1ccc(OCc2ccccc2Cl)cc1. The van der Waals surface area contributed by atoms with Gasteiger partial charge in [-0.25, -0.2) is 5.43 Å². The fourth-order valence-corrected chi connectivity index (χ4v) is 4.04. The molecule has 37 heavy (non-hydrogen) atoms. The van der Waals surface area contributed by atoms with Crippen LogP contribution in [-0.4, -0.2) is 16.7 Å². The van der Waals surface area contributed by atoms with Crippen molar-refractivity contribution in [1.82, 2.24) is 9.99 Å². The fraction of sp³-hybridized carbons (Fsp3) is 0.143. The van der Waals surface area contributed by atoms with E-state index in [9.17, 15) is 18.0 Å². The van der Waals surface area contributed by atoms with Crippen LogP contribution in [0.5, 0.6) is 5.75 Å². The minimum absolute atomic E-state index is 0.130. The molecular formula is C28H23ClF3N3O2. The molecule has 0 fully saturated rings. The van der Waals surface area contributed by atoms with Crippen LogP contribution >= 0.6 is 11.6 Å². The predicted molar refractivity (Wildman–Crippen MR) is 138 cm³/mol. The molecule has 3 aromatic carbocycles. The van der Waals surface area contributed by atoms with Gasteiger partial charge < -0.3 is 9.30 Å². The Morgan fingerprint density at radius 1 is 1.03 bits per heavy atom. The van der Waals surface area contributed by atoms with Crippen molar-refractivity contribution in [2.45, 2.75) is 26.6 Å². The molecule has 1 N–H and O–H groups in total. The zero-order valence-corrected chi connectivity index (χ0v) is 20.8. The Morgan fingerprint density at radius 2 is 1.76 bits per heavy atom. The zero-order chi connectivity index (χ0) is 26.6. The van der Waals surface area contributed by atoms with Gasteiger partial charge in [0.2, 0.25) is 0 Å². The van der Waals surface area contributed by atoms with Crippen LogP contribution in [0.15, 0.2) is 84.0 Å². The summed E-state index contributed by atoms with van der Waals surface area (Å²) in [5, 5.41) is 4.59. The van der Waals surface area contributed by atoms with Crippen molar-refractivity contribution in [2.75, 3.05) is 0 Å². The number of ether oxygens (including phenoxy) is 1. The number of halogens is 4. The average molecular weight is 526 g/mol. The van der Waals surface area contributed by atoms with Crippen molar-refractivity contribution in [3.05, 3.63) is 118 Å². The number of aromatic nitrogens is 1. The van der Waals surface area contributed by atoms with Crippen LogP contribution in [0, 0.1) is 13.8 Å². The van der Waals surface area contributed by atoms with Gasteiger partial charge in [-0.2, -0.15) is 18.3 Å². The van der Waals surface area contributed by atoms with E-state index in [1.165, 1.54) is 18.3 Å². The summed E-state index contributed by atoms with van der Waals surface area (Å²) in [7, 11) is 0. The van der Waals surface area contributed by atoms with Crippen molar-refractivity contribution < 1.29 is 22.7 Å². The largest absolute Gasteiger partial charge is 0.489 e. The van der Waals surface area contributed by atoms with E-state index in [-0.39, 0.29) is 5.56 Å². The minimum atomic E-state index is -4.53. The van der Waals surface area contributed by atoms with Crippen molar-refractivity contribution in [2.24, 2.45) is 5.10 Å². The van der Waals surface area contributed by atoms with Gasteiger partial charge in [0, 0.05) is 38.8 Å². The van der Waals surface area contributed by atoms with Crippen molar-refractivity contribution in [3.8, 4) is 11.4 Å². The second-order valence-corrected chi connectivity index (χ2v) is 8.72. The molecular weight excluding hydrogens is 503 g/mol. The minimum Gasteiger partial charge on any atom is -0.489 e. The lowest BCUT2D eigenvalue weighted by atomic mass is 10.1. The number of aryl methyl sites for hydroxylation is 1. The number of carbonyl (C=O) groups excluding carboxylic acids is 1. The van der Waals surface area contributed by atoms with Crippen molar-refractivity contribution >= 4 is 23.7 Å². The molecule has 0 radical (unpaired) electrons. The average Bonchev–Trinajstić information content (AvgIpc) is 3.16. The van der Waals surface area contributed by atoms with Gasteiger partial charge in [-0.15, -0.1) is 0 Å². The Bertz CT molecular complexity index is 1440. The molecule has 5 nitrogen and oxygen atoms in total. The first kappa shape index (κ1) is 26.0. The maximum Gasteiger partial charge on any atom is 0.416 e. The number of hydrazone groups is 1. The Kier molecular flexibility index (Phi) is 7.69. The van der Waals surface area contributed by atoms with E-state index in [2.05, 4.69) is 10.5 Å². The Balaban J connectivity index is 1.43. The van der Waals surface area contributed by atoms with E-state index in [1.807, 2.05) is 73.0 Å². The molecule has 0 aliphatic rings. The molecule has 0 aliphatic carbocycles. The number of carbonyl (C=O) groups is 1. The first-order chi connectivity index (χ1) is 17.6. The summed E-state index contributed by atoms with van der Waals surface area (Å²) in [5.74, 6) is -0.0336. The highest BCUT2D eigenvalue weighted by molar-refractivity contribution is 6.31. The van der Waals surface area contributed by atoms with E-state index in [4.69, 9.17) is 16.3 Å². The molecule has 1 heterocycles. The summed E-state index contributed by atoms with van der Waals surface area (Å²) < 4.78 is 46.6. The predicted octanol–water partition coefficient (Wildman–Crippen LogP) is 7.11. The standard InChI is InChI=1S/C28H23ClF3N3O2/c1-18-14-22(16-33-34-27(36)20-7-5-8-23(15-20)28(30,31)32)19(2)35(18)24-10-12-25(13-11-24)37-17-21-6-3-4-9-26(21)29/h3-16H,17H2,1-2H3,(H,34,36)/b33-16-. The number of amides is 1. The second kappa shape index (κ2) is 10.9. The van der Waals surface area contributed by atoms with Crippen LogP contribution in [-0.2, 0) is 12.8 Å². The number of hydrogen-bond donors (Lipinski definition) is 1. The highest BCUT2D eigenvalue weighted by atomic mass is 35.5. The third-order valence-corrected chi connectivity index (χ3v) is 6.11. The molecule has 4 rings (SSSR count). The van der Waals surface area contributed by atoms with Crippen LogP contribution in [0.25, 0.3) is 5.69 Å². The number of rotatable bonds is 7. The molecule has 4 aromatic rings. The summed E-state index contributed by atoms with van der Waals surface area (Å²) in [5.41, 5.74) is 5.63. The van der Waals surface area contributed by atoms with Crippen molar-refractivity contribution in [1.29, 1.82) is 0 Å². The third kappa shape index (κ3) is 6.21. The van der Waals surface area contributed by atoms with Crippen LogP contribution in [0.1, 0.15) is 38.4 Å². The number of nitrogens with one attached hydrogen (secondary N) is 1. The summed E-state index contributed by atoms with van der Waals surface area (Å²) in [6.07, 6.45) is -3.07.